The number of hydrogen-bond acceptors (Lipinski definition) is 4. The van der Waals surface area contributed by atoms with Crippen LogP contribution < -0.4 is 5.32 Å². The SMILES string of the molecule is C#CCN1CCCCC1C(=O)Nc1nc(C)c(Cc2ccc(F)cc2)s1. The normalized spacial score (nSPS) is 17.7. The molecule has 2 heterocycles. The summed E-state index contributed by atoms with van der Waals surface area (Å²) in [6.07, 6.45) is 9.02. The van der Waals surface area contributed by atoms with Crippen molar-refractivity contribution in [3.05, 3.63) is 46.2 Å². The van der Waals surface area contributed by atoms with Crippen molar-refractivity contribution >= 4 is 22.4 Å². The number of thiazole rings is 1. The highest BCUT2D eigenvalue weighted by Crippen LogP contribution is 2.26. The third kappa shape index (κ3) is 4.48. The Bertz CT molecular complexity index is 809. The zero-order chi connectivity index (χ0) is 18.5. The maximum Gasteiger partial charge on any atom is 0.243 e. The van der Waals surface area contributed by atoms with Gasteiger partial charge in [-0.3, -0.25) is 9.69 Å². The number of halogens is 1. The van der Waals surface area contributed by atoms with Gasteiger partial charge in [0, 0.05) is 11.3 Å². The molecule has 1 N–H and O–H groups in total. The van der Waals surface area contributed by atoms with E-state index in [-0.39, 0.29) is 17.8 Å². The third-order valence-corrected chi connectivity index (χ3v) is 5.68. The van der Waals surface area contributed by atoms with Gasteiger partial charge in [0.05, 0.1) is 18.3 Å². The lowest BCUT2D eigenvalue weighted by Crippen LogP contribution is -2.47. The number of amides is 1. The number of carbonyl (C=O) groups excluding carboxylic acids is 1. The highest BCUT2D eigenvalue weighted by Gasteiger charge is 2.28. The van der Waals surface area contributed by atoms with Crippen LogP contribution in [-0.2, 0) is 11.2 Å². The van der Waals surface area contributed by atoms with Crippen molar-refractivity contribution in [3.8, 4) is 12.3 Å². The fourth-order valence-corrected chi connectivity index (χ4v) is 4.22. The number of anilines is 1. The molecule has 4 nitrogen and oxygen atoms in total. The van der Waals surface area contributed by atoms with E-state index in [0.29, 0.717) is 18.1 Å². The molecule has 0 saturated carbocycles. The molecule has 1 unspecified atom stereocenters. The Morgan fingerprint density at radius 2 is 2.19 bits per heavy atom. The van der Waals surface area contributed by atoms with Gasteiger partial charge in [-0.1, -0.05) is 24.5 Å². The average Bonchev–Trinajstić information content (AvgIpc) is 2.96. The molecule has 1 fully saturated rings. The summed E-state index contributed by atoms with van der Waals surface area (Å²) >= 11 is 1.47. The van der Waals surface area contributed by atoms with Gasteiger partial charge in [-0.2, -0.15) is 0 Å². The number of aryl methyl sites for hydroxylation is 1. The molecule has 6 heteroatoms. The van der Waals surface area contributed by atoms with Crippen LogP contribution in [0.5, 0.6) is 0 Å². The van der Waals surface area contributed by atoms with E-state index in [1.54, 1.807) is 12.1 Å². The molecule has 0 bridgehead atoms. The van der Waals surface area contributed by atoms with E-state index in [1.807, 2.05) is 6.92 Å². The van der Waals surface area contributed by atoms with Crippen molar-refractivity contribution in [1.29, 1.82) is 0 Å². The molecule has 3 rings (SSSR count). The summed E-state index contributed by atoms with van der Waals surface area (Å²) in [5, 5.41) is 3.56. The monoisotopic (exact) mass is 371 g/mol. The Labute approximate surface area is 157 Å². The molecule has 0 spiro atoms. The van der Waals surface area contributed by atoms with Crippen LogP contribution in [0.25, 0.3) is 0 Å². The first-order valence-electron chi connectivity index (χ1n) is 8.76. The van der Waals surface area contributed by atoms with Crippen LogP contribution in [0.3, 0.4) is 0 Å². The zero-order valence-electron chi connectivity index (χ0n) is 14.8. The lowest BCUT2D eigenvalue weighted by Gasteiger charge is -2.32. The van der Waals surface area contributed by atoms with E-state index in [9.17, 15) is 9.18 Å². The van der Waals surface area contributed by atoms with E-state index in [1.165, 1.54) is 23.5 Å². The number of rotatable bonds is 5. The number of nitrogens with zero attached hydrogens (tertiary/aromatic N) is 2. The summed E-state index contributed by atoms with van der Waals surface area (Å²) in [6, 6.07) is 6.26. The molecule has 0 radical (unpaired) electrons. The summed E-state index contributed by atoms with van der Waals surface area (Å²) in [4.78, 5) is 20.3. The maximum absolute atomic E-state index is 13.0. The summed E-state index contributed by atoms with van der Waals surface area (Å²) in [5.41, 5.74) is 1.90. The number of hydrogen-bond donors (Lipinski definition) is 1. The molecule has 0 aliphatic carbocycles. The first kappa shape index (κ1) is 18.6. The van der Waals surface area contributed by atoms with Crippen LogP contribution >= 0.6 is 11.3 Å². The van der Waals surface area contributed by atoms with E-state index in [0.717, 1.165) is 41.9 Å². The molecule has 1 saturated heterocycles. The first-order valence-corrected chi connectivity index (χ1v) is 9.57. The molecule has 136 valence electrons. The van der Waals surface area contributed by atoms with Crippen LogP contribution in [0.2, 0.25) is 0 Å². The van der Waals surface area contributed by atoms with Gasteiger partial charge in [0.2, 0.25) is 5.91 Å². The van der Waals surface area contributed by atoms with E-state index >= 15 is 0 Å². The predicted molar refractivity (Wildman–Crippen MR) is 103 cm³/mol. The lowest BCUT2D eigenvalue weighted by atomic mass is 10.0. The van der Waals surface area contributed by atoms with Gasteiger partial charge in [-0.05, 0) is 44.0 Å². The fraction of sp³-hybridized carbons (Fsp3) is 0.400. The number of carbonyl (C=O) groups is 1. The Kier molecular flexibility index (Phi) is 6.02. The molecule has 2 aromatic rings. The van der Waals surface area contributed by atoms with Gasteiger partial charge < -0.3 is 5.32 Å². The smallest absolute Gasteiger partial charge is 0.243 e. The average molecular weight is 371 g/mol. The van der Waals surface area contributed by atoms with Gasteiger partial charge in [-0.15, -0.1) is 17.8 Å². The largest absolute Gasteiger partial charge is 0.301 e. The van der Waals surface area contributed by atoms with Crippen molar-refractivity contribution in [3.63, 3.8) is 0 Å². The number of aromatic nitrogens is 1. The minimum Gasteiger partial charge on any atom is -0.301 e. The van der Waals surface area contributed by atoms with E-state index in [4.69, 9.17) is 6.42 Å². The van der Waals surface area contributed by atoms with Gasteiger partial charge in [0.1, 0.15) is 5.82 Å². The van der Waals surface area contributed by atoms with Gasteiger partial charge >= 0.3 is 0 Å². The highest BCUT2D eigenvalue weighted by molar-refractivity contribution is 7.15. The second-order valence-corrected chi connectivity index (χ2v) is 7.59. The third-order valence-electron chi connectivity index (χ3n) is 4.61. The van der Waals surface area contributed by atoms with Gasteiger partial charge in [0.25, 0.3) is 0 Å². The van der Waals surface area contributed by atoms with Gasteiger partial charge in [-0.25, -0.2) is 9.37 Å². The zero-order valence-corrected chi connectivity index (χ0v) is 15.6. The molecular formula is C20H22FN3OS. The summed E-state index contributed by atoms with van der Waals surface area (Å²) in [6.45, 7) is 3.27. The predicted octanol–water partition coefficient (Wildman–Crippen LogP) is 3.61. The van der Waals surface area contributed by atoms with Crippen LogP contribution in [-0.4, -0.2) is 34.9 Å². The fourth-order valence-electron chi connectivity index (χ4n) is 3.22. The molecule has 1 aliphatic rings. The van der Waals surface area contributed by atoms with Crippen molar-refractivity contribution in [2.24, 2.45) is 0 Å². The van der Waals surface area contributed by atoms with Crippen molar-refractivity contribution in [1.82, 2.24) is 9.88 Å². The molecule has 1 amide bonds. The number of likely N-dealkylation sites (tertiary alicyclic amines) is 1. The van der Waals surface area contributed by atoms with Crippen LogP contribution in [0.15, 0.2) is 24.3 Å². The second kappa shape index (κ2) is 8.43. The Morgan fingerprint density at radius 3 is 2.92 bits per heavy atom. The summed E-state index contributed by atoms with van der Waals surface area (Å²) in [5.74, 6) is 2.35. The number of nitrogens with one attached hydrogen (secondary N) is 1. The van der Waals surface area contributed by atoms with Crippen LogP contribution in [0.1, 0.15) is 35.4 Å². The number of benzene rings is 1. The molecule has 26 heavy (non-hydrogen) atoms. The van der Waals surface area contributed by atoms with Gasteiger partial charge in [0.15, 0.2) is 5.13 Å². The Balaban J connectivity index is 1.67. The summed E-state index contributed by atoms with van der Waals surface area (Å²) < 4.78 is 13.0. The standard InChI is InChI=1S/C20H22FN3OS/c1-3-11-24-12-5-4-6-17(24)19(25)23-20-22-14(2)18(26-20)13-15-7-9-16(21)10-8-15/h1,7-10,17H,4-6,11-13H2,2H3,(H,22,23,25). The molecule has 1 aromatic heterocycles. The minimum absolute atomic E-state index is 0.0398. The minimum atomic E-state index is -0.244. The number of terminal acetylenes is 1. The highest BCUT2D eigenvalue weighted by atomic mass is 32.1. The number of piperidine rings is 1. The van der Waals surface area contributed by atoms with Crippen molar-refractivity contribution < 1.29 is 9.18 Å². The molecule has 1 aliphatic heterocycles. The molecule has 1 atom stereocenters. The van der Waals surface area contributed by atoms with E-state index in [2.05, 4.69) is 21.1 Å². The van der Waals surface area contributed by atoms with Crippen molar-refractivity contribution in [2.75, 3.05) is 18.4 Å². The second-order valence-electron chi connectivity index (χ2n) is 6.51. The van der Waals surface area contributed by atoms with Crippen LogP contribution in [0.4, 0.5) is 9.52 Å². The lowest BCUT2D eigenvalue weighted by molar-refractivity contribution is -0.122. The Morgan fingerprint density at radius 1 is 1.42 bits per heavy atom. The molecular weight excluding hydrogens is 349 g/mol. The Hall–Kier alpha value is -2.23. The topological polar surface area (TPSA) is 45.2 Å². The first-order chi connectivity index (χ1) is 12.6. The molecule has 1 aromatic carbocycles. The quantitative estimate of drug-likeness (QED) is 0.817. The van der Waals surface area contributed by atoms with Crippen LogP contribution in [0, 0.1) is 25.1 Å². The van der Waals surface area contributed by atoms with Crippen molar-refractivity contribution in [2.45, 2.75) is 38.6 Å². The maximum atomic E-state index is 13.0. The van der Waals surface area contributed by atoms with E-state index < -0.39 is 0 Å². The summed E-state index contributed by atoms with van der Waals surface area (Å²) in [7, 11) is 0.